The number of halogens is 3. The molecule has 1 atom stereocenters. The lowest BCUT2D eigenvalue weighted by molar-refractivity contribution is -0.137. The van der Waals surface area contributed by atoms with E-state index in [1.165, 1.54) is 6.07 Å². The zero-order valence-corrected chi connectivity index (χ0v) is 15.2. The number of aryl methyl sites for hydroxylation is 1. The second-order valence-electron chi connectivity index (χ2n) is 7.15. The third-order valence-electron chi connectivity index (χ3n) is 4.87. The molecule has 0 N–H and O–H groups in total. The van der Waals surface area contributed by atoms with Gasteiger partial charge in [-0.3, -0.25) is 4.90 Å². The molecule has 1 saturated heterocycles. The SMILES string of the molecule is CCc1cc(C(F)(F)F)cnc1N1CCN(C(C)C)CC1C(C)C. The monoisotopic (exact) mass is 343 g/mol. The van der Waals surface area contributed by atoms with E-state index in [0.29, 0.717) is 29.8 Å². The van der Waals surface area contributed by atoms with Gasteiger partial charge in [-0.15, -0.1) is 0 Å². The minimum atomic E-state index is -4.34. The molecule has 136 valence electrons. The fourth-order valence-corrected chi connectivity index (χ4v) is 3.31. The van der Waals surface area contributed by atoms with Crippen LogP contribution in [0.15, 0.2) is 12.3 Å². The van der Waals surface area contributed by atoms with Gasteiger partial charge in [-0.1, -0.05) is 20.8 Å². The second kappa shape index (κ2) is 7.30. The summed E-state index contributed by atoms with van der Waals surface area (Å²) in [4.78, 5) is 8.87. The summed E-state index contributed by atoms with van der Waals surface area (Å²) in [7, 11) is 0. The molecule has 1 aliphatic rings. The van der Waals surface area contributed by atoms with Crippen LogP contribution in [0.4, 0.5) is 19.0 Å². The number of piperazine rings is 1. The number of aromatic nitrogens is 1. The Morgan fingerprint density at radius 1 is 1.21 bits per heavy atom. The van der Waals surface area contributed by atoms with Crippen molar-refractivity contribution < 1.29 is 13.2 Å². The molecule has 1 aromatic rings. The minimum absolute atomic E-state index is 0.260. The molecule has 0 saturated carbocycles. The van der Waals surface area contributed by atoms with Gasteiger partial charge in [-0.2, -0.15) is 13.2 Å². The van der Waals surface area contributed by atoms with Crippen LogP contribution >= 0.6 is 0 Å². The predicted molar refractivity (Wildman–Crippen MR) is 91.3 cm³/mol. The molecule has 3 nitrogen and oxygen atoms in total. The van der Waals surface area contributed by atoms with Gasteiger partial charge in [-0.05, 0) is 37.8 Å². The summed E-state index contributed by atoms with van der Waals surface area (Å²) in [6, 6.07) is 1.99. The number of nitrogens with zero attached hydrogens (tertiary/aromatic N) is 3. The standard InChI is InChI=1S/C18H28F3N3/c1-6-14-9-15(18(19,20)21)10-22-17(14)24-8-7-23(13(4)5)11-16(24)12(2)3/h9-10,12-13,16H,6-8,11H2,1-5H3. The first kappa shape index (κ1) is 19.0. The van der Waals surface area contributed by atoms with Crippen molar-refractivity contribution in [2.24, 2.45) is 5.92 Å². The first-order chi connectivity index (χ1) is 11.1. The number of alkyl halides is 3. The molecular formula is C18H28F3N3. The maximum atomic E-state index is 13.0. The lowest BCUT2D eigenvalue weighted by Crippen LogP contribution is -2.57. The van der Waals surface area contributed by atoms with E-state index >= 15 is 0 Å². The van der Waals surface area contributed by atoms with Crippen molar-refractivity contribution in [2.75, 3.05) is 24.5 Å². The summed E-state index contributed by atoms with van der Waals surface area (Å²) in [6.45, 7) is 13.2. The van der Waals surface area contributed by atoms with E-state index in [4.69, 9.17) is 0 Å². The van der Waals surface area contributed by atoms with Gasteiger partial charge in [0.05, 0.1) is 5.56 Å². The van der Waals surface area contributed by atoms with E-state index in [2.05, 4.69) is 42.5 Å². The molecule has 2 rings (SSSR count). The second-order valence-corrected chi connectivity index (χ2v) is 7.15. The molecular weight excluding hydrogens is 315 g/mol. The largest absolute Gasteiger partial charge is 0.417 e. The summed E-state index contributed by atoms with van der Waals surface area (Å²) >= 11 is 0. The van der Waals surface area contributed by atoms with E-state index in [9.17, 15) is 13.2 Å². The van der Waals surface area contributed by atoms with Crippen LogP contribution in [0, 0.1) is 5.92 Å². The van der Waals surface area contributed by atoms with E-state index < -0.39 is 11.7 Å². The Hall–Kier alpha value is -1.30. The Labute approximate surface area is 142 Å². The minimum Gasteiger partial charge on any atom is -0.351 e. The molecule has 1 aliphatic heterocycles. The fraction of sp³-hybridized carbons (Fsp3) is 0.722. The molecule has 0 aliphatic carbocycles. The fourth-order valence-electron chi connectivity index (χ4n) is 3.31. The summed E-state index contributed by atoms with van der Waals surface area (Å²) < 4.78 is 38.9. The average Bonchev–Trinajstić information content (AvgIpc) is 2.52. The molecule has 1 aromatic heterocycles. The molecule has 0 amide bonds. The van der Waals surface area contributed by atoms with Crippen LogP contribution in [-0.4, -0.2) is 41.6 Å². The zero-order valence-electron chi connectivity index (χ0n) is 15.2. The quantitative estimate of drug-likeness (QED) is 0.816. The van der Waals surface area contributed by atoms with Gasteiger partial charge in [0.15, 0.2) is 0 Å². The van der Waals surface area contributed by atoms with Gasteiger partial charge >= 0.3 is 6.18 Å². The Morgan fingerprint density at radius 2 is 1.88 bits per heavy atom. The topological polar surface area (TPSA) is 19.4 Å². The van der Waals surface area contributed by atoms with Gasteiger partial charge < -0.3 is 4.90 Å². The van der Waals surface area contributed by atoms with Gasteiger partial charge in [-0.25, -0.2) is 4.98 Å². The predicted octanol–water partition coefficient (Wildman–Crippen LogP) is 4.22. The molecule has 0 bridgehead atoms. The van der Waals surface area contributed by atoms with Crippen LogP contribution in [0.25, 0.3) is 0 Å². The Kier molecular flexibility index (Phi) is 5.78. The summed E-state index contributed by atoms with van der Waals surface area (Å²) in [6.07, 6.45) is -2.83. The van der Waals surface area contributed by atoms with Gasteiger partial charge in [0.2, 0.25) is 0 Å². The Balaban J connectivity index is 2.35. The van der Waals surface area contributed by atoms with E-state index in [0.717, 1.165) is 25.8 Å². The molecule has 0 aromatic carbocycles. The smallest absolute Gasteiger partial charge is 0.351 e. The first-order valence-electron chi connectivity index (χ1n) is 8.72. The van der Waals surface area contributed by atoms with Crippen LogP contribution in [0.2, 0.25) is 0 Å². The van der Waals surface area contributed by atoms with Crippen LogP contribution in [0.1, 0.15) is 45.7 Å². The molecule has 2 heterocycles. The van der Waals surface area contributed by atoms with Crippen LogP contribution in [0.5, 0.6) is 0 Å². The zero-order chi connectivity index (χ0) is 18.1. The molecule has 0 spiro atoms. The van der Waals surface area contributed by atoms with Crippen molar-refractivity contribution in [2.45, 2.75) is 59.3 Å². The maximum absolute atomic E-state index is 13.0. The van der Waals surface area contributed by atoms with Crippen molar-refractivity contribution in [1.82, 2.24) is 9.88 Å². The van der Waals surface area contributed by atoms with Gasteiger partial charge in [0.25, 0.3) is 0 Å². The lowest BCUT2D eigenvalue weighted by atomic mass is 9.97. The highest BCUT2D eigenvalue weighted by atomic mass is 19.4. The average molecular weight is 343 g/mol. The number of rotatable bonds is 4. The highest BCUT2D eigenvalue weighted by molar-refractivity contribution is 5.50. The molecule has 1 unspecified atom stereocenters. The molecule has 24 heavy (non-hydrogen) atoms. The highest BCUT2D eigenvalue weighted by Gasteiger charge is 2.35. The molecule has 1 fully saturated rings. The number of anilines is 1. The van der Waals surface area contributed by atoms with Crippen molar-refractivity contribution in [3.63, 3.8) is 0 Å². The normalized spacial score (nSPS) is 20.2. The van der Waals surface area contributed by atoms with Crippen molar-refractivity contribution in [3.05, 3.63) is 23.4 Å². The van der Waals surface area contributed by atoms with Crippen molar-refractivity contribution in [3.8, 4) is 0 Å². The van der Waals surface area contributed by atoms with Gasteiger partial charge in [0.1, 0.15) is 5.82 Å². The van der Waals surface area contributed by atoms with Crippen LogP contribution < -0.4 is 4.90 Å². The number of hydrogen-bond donors (Lipinski definition) is 0. The van der Waals surface area contributed by atoms with Crippen molar-refractivity contribution in [1.29, 1.82) is 0 Å². The summed E-state index contributed by atoms with van der Waals surface area (Å²) in [5.74, 6) is 1.12. The van der Waals surface area contributed by atoms with Gasteiger partial charge in [0, 0.05) is 37.9 Å². The van der Waals surface area contributed by atoms with E-state index in [1.807, 2.05) is 6.92 Å². The number of pyridine rings is 1. The maximum Gasteiger partial charge on any atom is 0.417 e. The lowest BCUT2D eigenvalue weighted by Gasteiger charge is -2.46. The Morgan fingerprint density at radius 3 is 2.38 bits per heavy atom. The number of hydrogen-bond acceptors (Lipinski definition) is 3. The first-order valence-corrected chi connectivity index (χ1v) is 8.72. The van der Waals surface area contributed by atoms with Crippen LogP contribution in [0.3, 0.4) is 0 Å². The molecule has 6 heteroatoms. The Bertz CT molecular complexity index is 555. The third kappa shape index (κ3) is 4.02. The van der Waals surface area contributed by atoms with Crippen molar-refractivity contribution >= 4 is 5.82 Å². The third-order valence-corrected chi connectivity index (χ3v) is 4.87. The summed E-state index contributed by atoms with van der Waals surface area (Å²) in [5.41, 5.74) is 0.0125. The van der Waals surface area contributed by atoms with Crippen LogP contribution in [-0.2, 0) is 12.6 Å². The summed E-state index contributed by atoms with van der Waals surface area (Å²) in [5, 5.41) is 0. The molecule has 0 radical (unpaired) electrons. The highest BCUT2D eigenvalue weighted by Crippen LogP contribution is 2.33. The van der Waals surface area contributed by atoms with E-state index in [1.54, 1.807) is 0 Å². The van der Waals surface area contributed by atoms with E-state index in [-0.39, 0.29) is 6.04 Å².